The van der Waals surface area contributed by atoms with Crippen LogP contribution in [0.25, 0.3) is 0 Å². The van der Waals surface area contributed by atoms with Crippen LogP contribution in [0.1, 0.15) is 71.1 Å². The number of carbonyl (C=O) groups is 1. The molecule has 3 N–H and O–H groups in total. The molecule has 0 heterocycles. The molecular formula is C20H42NO5+. The topological polar surface area (TPSA) is 87.0 Å². The van der Waals surface area contributed by atoms with Crippen LogP contribution in [0.15, 0.2) is 0 Å². The fraction of sp³-hybridized carbons (Fsp3) is 0.950. The van der Waals surface area contributed by atoms with Crippen molar-refractivity contribution in [3.8, 4) is 0 Å². The van der Waals surface area contributed by atoms with Crippen molar-refractivity contribution in [2.75, 3.05) is 52.6 Å². The molecule has 0 aromatic carbocycles. The van der Waals surface area contributed by atoms with Crippen molar-refractivity contribution < 1.29 is 29.3 Å². The standard InChI is InChI=1S/C20H42NO5/c1-2-3-4-5-6-7-8-9-10-11-18-26-20(25)19-21(12-15-22,13-16-23)14-17-24/h22-24H,2-19H2,1H3/q+1. The van der Waals surface area contributed by atoms with Crippen LogP contribution in [0, 0.1) is 0 Å². The average Bonchev–Trinajstić information content (AvgIpc) is 2.60. The van der Waals surface area contributed by atoms with Crippen LogP contribution < -0.4 is 0 Å². The summed E-state index contributed by atoms with van der Waals surface area (Å²) in [5, 5.41) is 27.6. The normalized spacial score (nSPS) is 11.7. The first-order valence-electron chi connectivity index (χ1n) is 10.5. The highest BCUT2D eigenvalue weighted by Crippen LogP contribution is 2.11. The first-order valence-corrected chi connectivity index (χ1v) is 10.5. The van der Waals surface area contributed by atoms with Crippen LogP contribution in [-0.4, -0.2) is 78.4 Å². The van der Waals surface area contributed by atoms with Crippen molar-refractivity contribution in [1.29, 1.82) is 0 Å². The van der Waals surface area contributed by atoms with E-state index in [0.29, 0.717) is 26.2 Å². The Morgan fingerprint density at radius 3 is 1.58 bits per heavy atom. The summed E-state index contributed by atoms with van der Waals surface area (Å²) in [4.78, 5) is 12.1. The van der Waals surface area contributed by atoms with Gasteiger partial charge < -0.3 is 24.5 Å². The Morgan fingerprint density at radius 1 is 0.731 bits per heavy atom. The van der Waals surface area contributed by atoms with Gasteiger partial charge in [0, 0.05) is 0 Å². The van der Waals surface area contributed by atoms with E-state index < -0.39 is 0 Å². The van der Waals surface area contributed by atoms with Gasteiger partial charge in [0.15, 0.2) is 6.54 Å². The molecule has 0 aromatic rings. The van der Waals surface area contributed by atoms with Crippen LogP contribution in [0.4, 0.5) is 0 Å². The van der Waals surface area contributed by atoms with Gasteiger partial charge in [0.05, 0.1) is 26.4 Å². The van der Waals surface area contributed by atoms with Crippen LogP contribution in [0.2, 0.25) is 0 Å². The smallest absolute Gasteiger partial charge is 0.361 e. The zero-order chi connectivity index (χ0) is 19.5. The molecule has 0 bridgehead atoms. The van der Waals surface area contributed by atoms with E-state index in [-0.39, 0.29) is 36.8 Å². The van der Waals surface area contributed by atoms with Crippen molar-refractivity contribution in [2.24, 2.45) is 0 Å². The van der Waals surface area contributed by atoms with Gasteiger partial charge in [-0.2, -0.15) is 0 Å². The number of rotatable bonds is 19. The number of aliphatic hydroxyl groups excluding tert-OH is 3. The maximum atomic E-state index is 12.1. The second-order valence-corrected chi connectivity index (χ2v) is 7.24. The van der Waals surface area contributed by atoms with Gasteiger partial charge in [0.2, 0.25) is 0 Å². The van der Waals surface area contributed by atoms with Gasteiger partial charge in [-0.1, -0.05) is 64.7 Å². The third kappa shape index (κ3) is 13.5. The molecule has 0 aliphatic rings. The summed E-state index contributed by atoms with van der Waals surface area (Å²) in [6.45, 7) is 3.45. The molecule has 0 aliphatic carbocycles. The number of hydrogen-bond donors (Lipinski definition) is 3. The maximum absolute atomic E-state index is 12.1. The van der Waals surface area contributed by atoms with E-state index in [1.54, 1.807) is 0 Å². The van der Waals surface area contributed by atoms with Gasteiger partial charge in [-0.05, 0) is 6.42 Å². The first-order chi connectivity index (χ1) is 12.6. The fourth-order valence-corrected chi connectivity index (χ4v) is 3.30. The van der Waals surface area contributed by atoms with Crippen molar-refractivity contribution in [1.82, 2.24) is 0 Å². The Morgan fingerprint density at radius 2 is 1.15 bits per heavy atom. The Labute approximate surface area is 159 Å². The predicted octanol–water partition coefficient (Wildman–Crippen LogP) is 2.24. The molecule has 6 heteroatoms. The van der Waals surface area contributed by atoms with E-state index in [9.17, 15) is 20.1 Å². The number of ether oxygens (including phenoxy) is 1. The number of unbranched alkanes of at least 4 members (excludes halogenated alkanes) is 9. The van der Waals surface area contributed by atoms with E-state index in [2.05, 4.69) is 6.92 Å². The minimum Gasteiger partial charge on any atom is -0.462 e. The predicted molar refractivity (Wildman–Crippen MR) is 104 cm³/mol. The van der Waals surface area contributed by atoms with Gasteiger partial charge in [-0.3, -0.25) is 0 Å². The minimum absolute atomic E-state index is 0.0828. The molecule has 0 radical (unpaired) electrons. The molecule has 0 spiro atoms. The summed E-state index contributed by atoms with van der Waals surface area (Å²) in [5.41, 5.74) is 0. The molecule has 0 aromatic heterocycles. The average molecular weight is 377 g/mol. The third-order valence-electron chi connectivity index (χ3n) is 4.95. The number of aliphatic hydroxyl groups is 3. The van der Waals surface area contributed by atoms with Crippen LogP contribution in [0.5, 0.6) is 0 Å². The van der Waals surface area contributed by atoms with Crippen molar-refractivity contribution in [3.63, 3.8) is 0 Å². The summed E-state index contributed by atoms with van der Waals surface area (Å²) in [6.07, 6.45) is 12.4. The molecule has 0 unspecified atom stereocenters. The maximum Gasteiger partial charge on any atom is 0.361 e. The van der Waals surface area contributed by atoms with Gasteiger partial charge in [-0.15, -0.1) is 0 Å². The lowest BCUT2D eigenvalue weighted by molar-refractivity contribution is -0.922. The quantitative estimate of drug-likeness (QED) is 0.183. The van der Waals surface area contributed by atoms with Gasteiger partial charge in [-0.25, -0.2) is 4.79 Å². The zero-order valence-electron chi connectivity index (χ0n) is 16.8. The number of esters is 1. The summed E-state index contributed by atoms with van der Waals surface area (Å²) in [5.74, 6) is -0.323. The van der Waals surface area contributed by atoms with E-state index in [1.807, 2.05) is 0 Å². The molecule has 156 valence electrons. The molecule has 0 amide bonds. The molecule has 0 rings (SSSR count). The van der Waals surface area contributed by atoms with Crippen molar-refractivity contribution in [3.05, 3.63) is 0 Å². The Hall–Kier alpha value is -0.690. The SMILES string of the molecule is CCCCCCCCCCCCOC(=O)C[N+](CCO)(CCO)CCO. The number of nitrogens with zero attached hydrogens (tertiary/aromatic N) is 1. The lowest BCUT2D eigenvalue weighted by Crippen LogP contribution is -2.56. The summed E-state index contributed by atoms with van der Waals surface area (Å²) >= 11 is 0. The second-order valence-electron chi connectivity index (χ2n) is 7.24. The van der Waals surface area contributed by atoms with E-state index in [1.165, 1.54) is 51.4 Å². The van der Waals surface area contributed by atoms with Crippen molar-refractivity contribution in [2.45, 2.75) is 71.1 Å². The Balaban J connectivity index is 3.79. The summed E-state index contributed by atoms with van der Waals surface area (Å²) in [7, 11) is 0. The van der Waals surface area contributed by atoms with E-state index in [4.69, 9.17) is 4.74 Å². The molecule has 6 nitrogen and oxygen atoms in total. The molecule has 0 saturated heterocycles. The largest absolute Gasteiger partial charge is 0.462 e. The molecule has 0 fully saturated rings. The third-order valence-corrected chi connectivity index (χ3v) is 4.95. The Bertz CT molecular complexity index is 308. The van der Waals surface area contributed by atoms with Crippen LogP contribution >= 0.6 is 0 Å². The van der Waals surface area contributed by atoms with Gasteiger partial charge in [0.25, 0.3) is 0 Å². The highest BCUT2D eigenvalue weighted by atomic mass is 16.5. The van der Waals surface area contributed by atoms with Crippen LogP contribution in [0.3, 0.4) is 0 Å². The molecular weight excluding hydrogens is 334 g/mol. The Kier molecular flexibility index (Phi) is 17.2. The number of hydrogen-bond acceptors (Lipinski definition) is 5. The lowest BCUT2D eigenvalue weighted by Gasteiger charge is -2.36. The molecule has 0 saturated carbocycles. The lowest BCUT2D eigenvalue weighted by atomic mass is 10.1. The molecule has 26 heavy (non-hydrogen) atoms. The van der Waals surface area contributed by atoms with Gasteiger partial charge >= 0.3 is 5.97 Å². The first kappa shape index (κ1) is 25.3. The summed E-state index contributed by atoms with van der Waals surface area (Å²) in [6, 6.07) is 0. The van der Waals surface area contributed by atoms with E-state index >= 15 is 0 Å². The number of carbonyl (C=O) groups excluding carboxylic acids is 1. The highest BCUT2D eigenvalue weighted by molar-refractivity contribution is 5.70. The monoisotopic (exact) mass is 376 g/mol. The highest BCUT2D eigenvalue weighted by Gasteiger charge is 2.30. The molecule has 0 aliphatic heterocycles. The van der Waals surface area contributed by atoms with Crippen molar-refractivity contribution >= 4 is 5.97 Å². The summed E-state index contributed by atoms with van der Waals surface area (Å²) < 4.78 is 5.48. The molecule has 0 atom stereocenters. The minimum atomic E-state index is -0.323. The fourth-order valence-electron chi connectivity index (χ4n) is 3.30. The number of quaternary nitrogens is 1. The second kappa shape index (κ2) is 17.7. The van der Waals surface area contributed by atoms with Gasteiger partial charge in [0.1, 0.15) is 19.6 Å². The van der Waals surface area contributed by atoms with E-state index in [0.717, 1.165) is 12.8 Å². The zero-order valence-corrected chi connectivity index (χ0v) is 16.8. The van der Waals surface area contributed by atoms with Crippen LogP contribution in [-0.2, 0) is 9.53 Å².